The Bertz CT molecular complexity index is 245. The van der Waals surface area contributed by atoms with Crippen molar-refractivity contribution >= 4 is 5.91 Å². The Morgan fingerprint density at radius 2 is 2.19 bits per heavy atom. The van der Waals surface area contributed by atoms with Gasteiger partial charge < -0.3 is 9.64 Å². The summed E-state index contributed by atoms with van der Waals surface area (Å²) < 4.78 is 5.36. The third-order valence-electron chi connectivity index (χ3n) is 3.43. The van der Waals surface area contributed by atoms with Crippen molar-refractivity contribution < 1.29 is 9.53 Å². The lowest BCUT2D eigenvalue weighted by atomic mass is 10.0. The highest BCUT2D eigenvalue weighted by atomic mass is 16.5. The second-order valence-electron chi connectivity index (χ2n) is 4.61. The van der Waals surface area contributed by atoms with Crippen molar-refractivity contribution in [3.05, 3.63) is 0 Å². The second-order valence-corrected chi connectivity index (χ2v) is 4.61. The van der Waals surface area contributed by atoms with E-state index in [1.165, 1.54) is 13.1 Å². The summed E-state index contributed by atoms with van der Waals surface area (Å²) in [4.78, 5) is 16.4. The molecule has 0 saturated carbocycles. The number of carbonyl (C=O) groups excluding carboxylic acids is 1. The van der Waals surface area contributed by atoms with Crippen molar-refractivity contribution in [3.8, 4) is 0 Å². The maximum Gasteiger partial charge on any atom is 0.226 e. The fourth-order valence-electron chi connectivity index (χ4n) is 2.47. The van der Waals surface area contributed by atoms with Crippen molar-refractivity contribution in [2.75, 3.05) is 32.8 Å². The van der Waals surface area contributed by atoms with Gasteiger partial charge in [0.15, 0.2) is 0 Å². The number of rotatable bonds is 5. The average molecular weight is 226 g/mol. The highest BCUT2D eigenvalue weighted by Gasteiger charge is 2.37. The summed E-state index contributed by atoms with van der Waals surface area (Å²) in [6.07, 6.45) is 4.26. The molecule has 4 heteroatoms. The quantitative estimate of drug-likeness (QED) is 0.657. The Hall–Kier alpha value is -0.610. The Morgan fingerprint density at radius 3 is 2.88 bits per heavy atom. The molecule has 2 fully saturated rings. The number of hydrogen-bond donors (Lipinski definition) is 0. The van der Waals surface area contributed by atoms with Gasteiger partial charge in [0.2, 0.25) is 5.91 Å². The van der Waals surface area contributed by atoms with Gasteiger partial charge in [0.05, 0.1) is 19.2 Å². The van der Waals surface area contributed by atoms with Crippen molar-refractivity contribution in [1.82, 2.24) is 9.80 Å². The van der Waals surface area contributed by atoms with Crippen molar-refractivity contribution in [2.45, 2.75) is 38.8 Å². The minimum absolute atomic E-state index is 0.269. The zero-order chi connectivity index (χ0) is 11.4. The van der Waals surface area contributed by atoms with Gasteiger partial charge in [-0.2, -0.15) is 0 Å². The van der Waals surface area contributed by atoms with E-state index in [1.807, 2.05) is 4.90 Å². The molecule has 0 aromatic carbocycles. The molecule has 16 heavy (non-hydrogen) atoms. The lowest BCUT2D eigenvalue weighted by molar-refractivity contribution is -0.150. The molecule has 0 spiro atoms. The fourth-order valence-corrected chi connectivity index (χ4v) is 2.47. The molecule has 92 valence electrons. The van der Waals surface area contributed by atoms with E-state index in [0.717, 1.165) is 32.4 Å². The molecular formula is C12H22N2O2. The number of fused-ring (bicyclic) bond motifs is 1. The maximum atomic E-state index is 12.0. The SMILES string of the molecule is CCCOCCC(=O)N1CCCN2CC[C@H]21. The molecule has 0 radical (unpaired) electrons. The van der Waals surface area contributed by atoms with E-state index in [1.54, 1.807) is 0 Å². The van der Waals surface area contributed by atoms with Gasteiger partial charge in [-0.15, -0.1) is 0 Å². The molecule has 1 atom stereocenters. The van der Waals surface area contributed by atoms with E-state index >= 15 is 0 Å². The monoisotopic (exact) mass is 226 g/mol. The summed E-state index contributed by atoms with van der Waals surface area (Å²) in [5.74, 6) is 0.269. The van der Waals surface area contributed by atoms with Crippen molar-refractivity contribution in [3.63, 3.8) is 0 Å². The number of hydrogen-bond acceptors (Lipinski definition) is 3. The first-order valence-corrected chi connectivity index (χ1v) is 6.44. The Balaban J connectivity index is 1.71. The lowest BCUT2D eigenvalue weighted by Crippen LogP contribution is -2.63. The summed E-state index contributed by atoms with van der Waals surface area (Å²) in [6.45, 7) is 6.70. The molecule has 0 aliphatic carbocycles. The third kappa shape index (κ3) is 2.55. The molecular weight excluding hydrogens is 204 g/mol. The fraction of sp³-hybridized carbons (Fsp3) is 0.917. The van der Waals surface area contributed by atoms with Crippen LogP contribution in [0.2, 0.25) is 0 Å². The van der Waals surface area contributed by atoms with E-state index in [0.29, 0.717) is 19.2 Å². The molecule has 2 rings (SSSR count). The van der Waals surface area contributed by atoms with Crippen LogP contribution in [0, 0.1) is 0 Å². The second kappa shape index (κ2) is 5.64. The van der Waals surface area contributed by atoms with Crippen LogP contribution < -0.4 is 0 Å². The summed E-state index contributed by atoms with van der Waals surface area (Å²) >= 11 is 0. The van der Waals surface area contributed by atoms with Crippen LogP contribution in [0.25, 0.3) is 0 Å². The van der Waals surface area contributed by atoms with Crippen molar-refractivity contribution in [2.24, 2.45) is 0 Å². The molecule has 4 nitrogen and oxygen atoms in total. The summed E-state index contributed by atoms with van der Waals surface area (Å²) in [5, 5.41) is 0. The third-order valence-corrected chi connectivity index (χ3v) is 3.43. The summed E-state index contributed by atoms with van der Waals surface area (Å²) in [6, 6.07) is 0. The molecule has 2 saturated heterocycles. The first kappa shape index (κ1) is 11.9. The standard InChI is InChI=1S/C12H22N2O2/c1-2-9-16-10-5-12(15)14-7-3-6-13-8-4-11(13)14/h11H,2-10H2,1H3/t11-/m1/s1. The normalized spacial score (nSPS) is 25.1. The topological polar surface area (TPSA) is 32.8 Å². The highest BCUT2D eigenvalue weighted by Crippen LogP contribution is 2.26. The van der Waals surface area contributed by atoms with Crippen LogP contribution in [0.1, 0.15) is 32.6 Å². The molecule has 0 aromatic heterocycles. The smallest absolute Gasteiger partial charge is 0.226 e. The molecule has 0 bridgehead atoms. The Kier molecular flexibility index (Phi) is 4.18. The van der Waals surface area contributed by atoms with E-state index in [-0.39, 0.29) is 5.91 Å². The molecule has 0 N–H and O–H groups in total. The van der Waals surface area contributed by atoms with Crippen LogP contribution in [0.3, 0.4) is 0 Å². The molecule has 2 heterocycles. The van der Waals surface area contributed by atoms with Crippen LogP contribution in [0.5, 0.6) is 0 Å². The van der Waals surface area contributed by atoms with E-state index in [2.05, 4.69) is 11.8 Å². The number of nitrogens with zero attached hydrogens (tertiary/aromatic N) is 2. The molecule has 1 amide bonds. The zero-order valence-electron chi connectivity index (χ0n) is 10.2. The number of carbonyl (C=O) groups is 1. The zero-order valence-corrected chi connectivity index (χ0v) is 10.2. The molecule has 2 aliphatic rings. The van der Waals surface area contributed by atoms with Crippen LogP contribution in [-0.4, -0.2) is 54.7 Å². The van der Waals surface area contributed by atoms with Crippen LogP contribution in [-0.2, 0) is 9.53 Å². The predicted molar refractivity (Wildman–Crippen MR) is 62.0 cm³/mol. The van der Waals surface area contributed by atoms with Gasteiger partial charge >= 0.3 is 0 Å². The van der Waals surface area contributed by atoms with E-state index in [9.17, 15) is 4.79 Å². The van der Waals surface area contributed by atoms with Crippen LogP contribution in [0.15, 0.2) is 0 Å². The first-order valence-electron chi connectivity index (χ1n) is 6.44. The minimum atomic E-state index is 0.269. The van der Waals surface area contributed by atoms with Gasteiger partial charge in [0, 0.05) is 26.2 Å². The number of amides is 1. The maximum absolute atomic E-state index is 12.0. The predicted octanol–water partition coefficient (Wildman–Crippen LogP) is 1.07. The minimum Gasteiger partial charge on any atom is -0.381 e. The molecule has 0 aromatic rings. The Morgan fingerprint density at radius 1 is 1.31 bits per heavy atom. The van der Waals surface area contributed by atoms with Gasteiger partial charge in [-0.05, 0) is 19.3 Å². The molecule has 2 aliphatic heterocycles. The van der Waals surface area contributed by atoms with Gasteiger partial charge in [-0.1, -0.05) is 6.92 Å². The Labute approximate surface area is 97.5 Å². The largest absolute Gasteiger partial charge is 0.381 e. The highest BCUT2D eigenvalue weighted by molar-refractivity contribution is 5.76. The van der Waals surface area contributed by atoms with E-state index < -0.39 is 0 Å². The van der Waals surface area contributed by atoms with Crippen LogP contribution in [0.4, 0.5) is 0 Å². The van der Waals surface area contributed by atoms with E-state index in [4.69, 9.17) is 4.74 Å². The summed E-state index contributed by atoms with van der Waals surface area (Å²) in [5.41, 5.74) is 0. The lowest BCUT2D eigenvalue weighted by Gasteiger charge is -2.51. The van der Waals surface area contributed by atoms with Crippen LogP contribution >= 0.6 is 0 Å². The van der Waals surface area contributed by atoms with Gasteiger partial charge in [-0.3, -0.25) is 9.69 Å². The van der Waals surface area contributed by atoms with Gasteiger partial charge in [0.1, 0.15) is 0 Å². The first-order chi connectivity index (χ1) is 7.83. The number of ether oxygens (including phenoxy) is 1. The van der Waals surface area contributed by atoms with Gasteiger partial charge in [0.25, 0.3) is 0 Å². The average Bonchev–Trinajstić information content (AvgIpc) is 2.25. The molecule has 0 unspecified atom stereocenters. The van der Waals surface area contributed by atoms with Crippen molar-refractivity contribution in [1.29, 1.82) is 0 Å². The van der Waals surface area contributed by atoms with Gasteiger partial charge in [-0.25, -0.2) is 0 Å². The summed E-state index contributed by atoms with van der Waals surface area (Å²) in [7, 11) is 0.